The molecule has 3 heteroatoms. The molecule has 1 aromatic carbocycles. The van der Waals surface area contributed by atoms with E-state index in [0.29, 0.717) is 6.54 Å². The van der Waals surface area contributed by atoms with Crippen LogP contribution >= 0.6 is 11.3 Å². The summed E-state index contributed by atoms with van der Waals surface area (Å²) in [6, 6.07) is 12.7. The maximum Gasteiger partial charge on any atom is 0.0324 e. The first-order chi connectivity index (χ1) is 8.79. The summed E-state index contributed by atoms with van der Waals surface area (Å²) in [5, 5.41) is 2.13. The lowest BCUT2D eigenvalue weighted by Crippen LogP contribution is -2.20. The lowest BCUT2D eigenvalue weighted by molar-refractivity contribution is 0.334. The molecule has 2 N–H and O–H groups in total. The van der Waals surface area contributed by atoms with Crippen LogP contribution in [0.3, 0.4) is 0 Å². The third kappa shape index (κ3) is 3.67. The van der Waals surface area contributed by atoms with Gasteiger partial charge in [0.2, 0.25) is 0 Å². The van der Waals surface area contributed by atoms with Gasteiger partial charge in [-0.15, -0.1) is 11.3 Å². The largest absolute Gasteiger partial charge is 0.326 e. The molecule has 1 heterocycles. The zero-order chi connectivity index (χ0) is 12.8. The number of hydrogen-bond acceptors (Lipinski definition) is 3. The van der Waals surface area contributed by atoms with Gasteiger partial charge in [-0.25, -0.2) is 0 Å². The van der Waals surface area contributed by atoms with E-state index in [1.54, 1.807) is 0 Å². The van der Waals surface area contributed by atoms with Crippen molar-refractivity contribution in [3.8, 4) is 0 Å². The van der Waals surface area contributed by atoms with Crippen LogP contribution in [0.2, 0.25) is 0 Å². The lowest BCUT2D eigenvalue weighted by atomic mass is 10.0. The molecule has 2 nitrogen and oxygen atoms in total. The van der Waals surface area contributed by atoms with Crippen LogP contribution in [0.25, 0.3) is 0 Å². The van der Waals surface area contributed by atoms with E-state index in [0.717, 1.165) is 19.5 Å². The van der Waals surface area contributed by atoms with Gasteiger partial charge in [-0.05, 0) is 36.0 Å². The van der Waals surface area contributed by atoms with E-state index in [4.69, 9.17) is 5.73 Å². The Morgan fingerprint density at radius 3 is 2.56 bits per heavy atom. The van der Waals surface area contributed by atoms with Crippen LogP contribution in [0.15, 0.2) is 41.8 Å². The van der Waals surface area contributed by atoms with Crippen molar-refractivity contribution in [2.45, 2.75) is 19.5 Å². The highest BCUT2D eigenvalue weighted by Gasteiger charge is 2.04. The van der Waals surface area contributed by atoms with Crippen molar-refractivity contribution < 1.29 is 0 Å². The maximum atomic E-state index is 5.75. The average molecular weight is 260 g/mol. The minimum absolute atomic E-state index is 0.630. The van der Waals surface area contributed by atoms with Crippen LogP contribution in [0.5, 0.6) is 0 Å². The standard InChI is InChI=1S/C15H20N2S/c1-17(12-15-7-4-10-18-15)9-8-13-5-2-3-6-14(13)11-16/h2-7,10H,8-9,11-12,16H2,1H3. The highest BCUT2D eigenvalue weighted by molar-refractivity contribution is 7.09. The summed E-state index contributed by atoms with van der Waals surface area (Å²) in [6.07, 6.45) is 1.06. The van der Waals surface area contributed by atoms with Crippen molar-refractivity contribution in [1.82, 2.24) is 4.90 Å². The van der Waals surface area contributed by atoms with Crippen LogP contribution in [0.4, 0.5) is 0 Å². The first-order valence-corrected chi connectivity index (χ1v) is 7.15. The van der Waals surface area contributed by atoms with Gasteiger partial charge >= 0.3 is 0 Å². The second-order valence-electron chi connectivity index (χ2n) is 4.54. The molecule has 0 saturated carbocycles. The molecule has 0 aliphatic heterocycles. The van der Waals surface area contributed by atoms with E-state index in [9.17, 15) is 0 Å². The molecule has 0 radical (unpaired) electrons. The van der Waals surface area contributed by atoms with Crippen LogP contribution < -0.4 is 5.73 Å². The van der Waals surface area contributed by atoms with E-state index in [1.807, 2.05) is 11.3 Å². The van der Waals surface area contributed by atoms with Crippen molar-refractivity contribution in [2.75, 3.05) is 13.6 Å². The molecular weight excluding hydrogens is 240 g/mol. The Labute approximate surface area is 113 Å². The second-order valence-corrected chi connectivity index (χ2v) is 5.57. The van der Waals surface area contributed by atoms with Crippen LogP contribution in [-0.4, -0.2) is 18.5 Å². The number of rotatable bonds is 6. The average Bonchev–Trinajstić information content (AvgIpc) is 2.89. The number of thiophene rings is 1. The normalized spacial score (nSPS) is 11.1. The Kier molecular flexibility index (Phi) is 4.93. The van der Waals surface area contributed by atoms with Crippen molar-refractivity contribution in [3.63, 3.8) is 0 Å². The van der Waals surface area contributed by atoms with Gasteiger partial charge in [0, 0.05) is 24.5 Å². The number of nitrogens with zero attached hydrogens (tertiary/aromatic N) is 1. The van der Waals surface area contributed by atoms with Gasteiger partial charge in [0.15, 0.2) is 0 Å². The third-order valence-electron chi connectivity index (χ3n) is 3.11. The van der Waals surface area contributed by atoms with Gasteiger partial charge in [0.25, 0.3) is 0 Å². The van der Waals surface area contributed by atoms with Crippen molar-refractivity contribution in [2.24, 2.45) is 5.73 Å². The zero-order valence-corrected chi connectivity index (χ0v) is 11.6. The topological polar surface area (TPSA) is 29.3 Å². The summed E-state index contributed by atoms with van der Waals surface area (Å²) >= 11 is 1.82. The molecule has 0 aliphatic rings. The smallest absolute Gasteiger partial charge is 0.0324 e. The fourth-order valence-corrected chi connectivity index (χ4v) is 2.84. The van der Waals surface area contributed by atoms with Crippen molar-refractivity contribution >= 4 is 11.3 Å². The molecule has 0 bridgehead atoms. The molecule has 2 rings (SSSR count). The summed E-state index contributed by atoms with van der Waals surface area (Å²) < 4.78 is 0. The summed E-state index contributed by atoms with van der Waals surface area (Å²) in [5.74, 6) is 0. The highest BCUT2D eigenvalue weighted by atomic mass is 32.1. The minimum atomic E-state index is 0.630. The Morgan fingerprint density at radius 1 is 1.11 bits per heavy atom. The molecule has 96 valence electrons. The molecule has 0 saturated heterocycles. The van der Waals surface area contributed by atoms with Crippen LogP contribution in [-0.2, 0) is 19.5 Å². The lowest BCUT2D eigenvalue weighted by Gasteiger charge is -2.16. The summed E-state index contributed by atoms with van der Waals surface area (Å²) in [6.45, 7) is 2.72. The molecule has 0 aliphatic carbocycles. The quantitative estimate of drug-likeness (QED) is 0.865. The van der Waals surface area contributed by atoms with Gasteiger partial charge < -0.3 is 10.6 Å². The number of hydrogen-bond donors (Lipinski definition) is 1. The number of nitrogens with two attached hydrogens (primary N) is 1. The molecule has 0 fully saturated rings. The first kappa shape index (κ1) is 13.3. The Bertz CT molecular complexity index is 465. The van der Waals surface area contributed by atoms with Gasteiger partial charge in [-0.3, -0.25) is 0 Å². The fourth-order valence-electron chi connectivity index (χ4n) is 2.06. The highest BCUT2D eigenvalue weighted by Crippen LogP contribution is 2.13. The molecule has 1 aromatic heterocycles. The van der Waals surface area contributed by atoms with Gasteiger partial charge in [0.1, 0.15) is 0 Å². The van der Waals surface area contributed by atoms with E-state index >= 15 is 0 Å². The molecule has 0 atom stereocenters. The summed E-state index contributed by atoms with van der Waals surface area (Å²) in [7, 11) is 2.17. The maximum absolute atomic E-state index is 5.75. The Hall–Kier alpha value is -1.16. The van der Waals surface area contributed by atoms with Crippen molar-refractivity contribution in [3.05, 3.63) is 57.8 Å². The first-order valence-electron chi connectivity index (χ1n) is 6.27. The monoisotopic (exact) mass is 260 g/mol. The van der Waals surface area contributed by atoms with Crippen molar-refractivity contribution in [1.29, 1.82) is 0 Å². The Balaban J connectivity index is 1.87. The molecule has 2 aromatic rings. The Morgan fingerprint density at radius 2 is 1.89 bits per heavy atom. The van der Waals surface area contributed by atoms with E-state index in [2.05, 4.69) is 53.7 Å². The fraction of sp³-hybridized carbons (Fsp3) is 0.333. The van der Waals surface area contributed by atoms with Gasteiger partial charge in [-0.1, -0.05) is 30.3 Å². The minimum Gasteiger partial charge on any atom is -0.326 e. The summed E-state index contributed by atoms with van der Waals surface area (Å²) in [5.41, 5.74) is 8.39. The third-order valence-corrected chi connectivity index (χ3v) is 3.97. The van der Waals surface area contributed by atoms with E-state index < -0.39 is 0 Å². The summed E-state index contributed by atoms with van der Waals surface area (Å²) in [4.78, 5) is 3.78. The predicted molar refractivity (Wildman–Crippen MR) is 78.7 cm³/mol. The van der Waals surface area contributed by atoms with Crippen LogP contribution in [0.1, 0.15) is 16.0 Å². The molecule has 0 unspecified atom stereocenters. The second kappa shape index (κ2) is 6.69. The molecule has 18 heavy (non-hydrogen) atoms. The number of likely N-dealkylation sites (N-methyl/N-ethyl adjacent to an activating group) is 1. The van der Waals surface area contributed by atoms with Gasteiger partial charge in [0.05, 0.1) is 0 Å². The van der Waals surface area contributed by atoms with E-state index in [-0.39, 0.29) is 0 Å². The molecule has 0 spiro atoms. The van der Waals surface area contributed by atoms with Crippen LogP contribution in [0, 0.1) is 0 Å². The number of benzene rings is 1. The predicted octanol–water partition coefficient (Wildman–Crippen LogP) is 2.88. The van der Waals surface area contributed by atoms with Gasteiger partial charge in [-0.2, -0.15) is 0 Å². The van der Waals surface area contributed by atoms with E-state index in [1.165, 1.54) is 16.0 Å². The zero-order valence-electron chi connectivity index (χ0n) is 10.8. The molecule has 0 amide bonds. The SMILES string of the molecule is CN(CCc1ccccc1CN)Cc1cccs1. The molecular formula is C15H20N2S.